The van der Waals surface area contributed by atoms with Crippen LogP contribution in [0.3, 0.4) is 0 Å². The molecule has 7 nitrogen and oxygen atoms in total. The molecule has 3 atom stereocenters. The third kappa shape index (κ3) is 4.04. The van der Waals surface area contributed by atoms with Crippen LogP contribution >= 0.6 is 0 Å². The molecule has 1 N–H and O–H groups in total. The first-order valence-corrected chi connectivity index (χ1v) is 11.7. The molecule has 3 fully saturated rings. The Morgan fingerprint density at radius 2 is 1.84 bits per heavy atom. The van der Waals surface area contributed by atoms with E-state index >= 15 is 0 Å². The number of aliphatic hydroxyl groups is 1. The van der Waals surface area contributed by atoms with Crippen molar-refractivity contribution in [2.45, 2.75) is 56.8 Å². The average molecular weight is 440 g/mol. The Labute approximate surface area is 189 Å². The van der Waals surface area contributed by atoms with Crippen molar-refractivity contribution in [1.29, 1.82) is 0 Å². The van der Waals surface area contributed by atoms with Crippen LogP contribution in [0.1, 0.15) is 49.7 Å². The molecule has 0 amide bonds. The second-order valence-electron chi connectivity index (χ2n) is 9.47. The Morgan fingerprint density at radius 3 is 2.56 bits per heavy atom. The van der Waals surface area contributed by atoms with Crippen LogP contribution in [0.4, 0.5) is 0 Å². The molecule has 0 radical (unpaired) electrons. The molecule has 1 aromatic carbocycles. The summed E-state index contributed by atoms with van der Waals surface area (Å²) in [5, 5.41) is 11.7. The Morgan fingerprint density at radius 1 is 1.06 bits per heavy atom. The largest absolute Gasteiger partial charge is 0.490 e. The number of hydrogen-bond acceptors (Lipinski definition) is 7. The maximum Gasteiger partial charge on any atom is 0.319 e. The molecule has 1 saturated heterocycles. The first-order valence-electron chi connectivity index (χ1n) is 11.7. The molecule has 0 bridgehead atoms. The van der Waals surface area contributed by atoms with Gasteiger partial charge >= 0.3 is 6.01 Å². The summed E-state index contributed by atoms with van der Waals surface area (Å²) in [7, 11) is 3.10. The van der Waals surface area contributed by atoms with Crippen LogP contribution in [0, 0.1) is 11.8 Å². The highest BCUT2D eigenvalue weighted by molar-refractivity contribution is 5.34. The lowest BCUT2D eigenvalue weighted by atomic mass is 9.83. The Bertz CT molecular complexity index is 931. The highest BCUT2D eigenvalue weighted by atomic mass is 16.5. The summed E-state index contributed by atoms with van der Waals surface area (Å²) in [5.41, 5.74) is 0.969. The van der Waals surface area contributed by atoms with E-state index < -0.39 is 5.60 Å². The summed E-state index contributed by atoms with van der Waals surface area (Å²) in [5.74, 6) is 1.96. The van der Waals surface area contributed by atoms with E-state index in [1.807, 2.05) is 0 Å². The van der Waals surface area contributed by atoms with Crippen molar-refractivity contribution < 1.29 is 19.3 Å². The average Bonchev–Trinajstić information content (AvgIpc) is 3.54. The highest BCUT2D eigenvalue weighted by Gasteiger charge is 2.53. The molecule has 7 heteroatoms. The lowest BCUT2D eigenvalue weighted by molar-refractivity contribution is -0.00972. The Kier molecular flexibility index (Phi) is 5.95. The number of hydrogen-bond donors (Lipinski definition) is 1. The standard InChI is InChI=1S/C25H33N3O4/c1-30-23-21(13-26-24(27-23)31-2)25(29)12-11-18-15-28(16-22(18)25)14-17-7-9-20(10-8-17)32-19-5-3-4-6-19/h7-10,13,18-19,22,29H,3-6,11-12,14-16H2,1-2H3/t18-,22+,25+/m0/s1. The van der Waals surface area contributed by atoms with Gasteiger partial charge in [-0.05, 0) is 62.1 Å². The molecule has 32 heavy (non-hydrogen) atoms. The number of methoxy groups -OCH3 is 2. The maximum atomic E-state index is 11.7. The van der Waals surface area contributed by atoms with Gasteiger partial charge in [0.15, 0.2) is 0 Å². The van der Waals surface area contributed by atoms with Crippen molar-refractivity contribution >= 4 is 0 Å². The van der Waals surface area contributed by atoms with E-state index in [1.54, 1.807) is 13.3 Å². The van der Waals surface area contributed by atoms with Gasteiger partial charge in [-0.1, -0.05) is 12.1 Å². The van der Waals surface area contributed by atoms with Crippen molar-refractivity contribution in [3.05, 3.63) is 41.6 Å². The van der Waals surface area contributed by atoms with Crippen LogP contribution in [0.5, 0.6) is 17.6 Å². The minimum atomic E-state index is -0.976. The molecule has 2 aliphatic carbocycles. The fourth-order valence-corrected chi connectivity index (χ4v) is 5.88. The minimum absolute atomic E-state index is 0.137. The smallest absolute Gasteiger partial charge is 0.319 e. The third-order valence-corrected chi connectivity index (χ3v) is 7.53. The van der Waals surface area contributed by atoms with Gasteiger partial charge in [0, 0.05) is 31.7 Å². The molecule has 0 unspecified atom stereocenters. The molecule has 5 rings (SSSR count). The van der Waals surface area contributed by atoms with Gasteiger partial charge in [-0.25, -0.2) is 4.98 Å². The van der Waals surface area contributed by atoms with Crippen molar-refractivity contribution in [2.24, 2.45) is 11.8 Å². The first-order chi connectivity index (χ1) is 15.6. The van der Waals surface area contributed by atoms with E-state index in [4.69, 9.17) is 14.2 Å². The molecule has 2 aromatic rings. The molecule has 2 saturated carbocycles. The van der Waals surface area contributed by atoms with Gasteiger partial charge in [0.25, 0.3) is 0 Å². The van der Waals surface area contributed by atoms with Crippen molar-refractivity contribution in [1.82, 2.24) is 14.9 Å². The number of fused-ring (bicyclic) bond motifs is 1. The predicted octanol–water partition coefficient (Wildman–Crippen LogP) is 3.54. The fourth-order valence-electron chi connectivity index (χ4n) is 5.88. The summed E-state index contributed by atoms with van der Waals surface area (Å²) in [6, 6.07) is 8.79. The van der Waals surface area contributed by atoms with E-state index in [-0.39, 0.29) is 11.9 Å². The maximum absolute atomic E-state index is 11.7. The van der Waals surface area contributed by atoms with Crippen LogP contribution in [-0.2, 0) is 12.1 Å². The fraction of sp³-hybridized carbons (Fsp3) is 0.600. The number of rotatable bonds is 7. The second-order valence-corrected chi connectivity index (χ2v) is 9.47. The van der Waals surface area contributed by atoms with E-state index in [0.29, 0.717) is 29.9 Å². The summed E-state index contributed by atoms with van der Waals surface area (Å²) >= 11 is 0. The lowest BCUT2D eigenvalue weighted by Gasteiger charge is -2.31. The van der Waals surface area contributed by atoms with Gasteiger partial charge < -0.3 is 19.3 Å². The van der Waals surface area contributed by atoms with Crippen LogP contribution in [0.2, 0.25) is 0 Å². The van der Waals surface area contributed by atoms with Gasteiger partial charge in [-0.15, -0.1) is 0 Å². The van der Waals surface area contributed by atoms with Gasteiger partial charge in [0.2, 0.25) is 5.88 Å². The summed E-state index contributed by atoms with van der Waals surface area (Å²) in [4.78, 5) is 11.0. The molecule has 172 valence electrons. The van der Waals surface area contributed by atoms with E-state index in [1.165, 1.54) is 38.4 Å². The van der Waals surface area contributed by atoms with Crippen LogP contribution in [0.25, 0.3) is 0 Å². The molecular weight excluding hydrogens is 406 g/mol. The monoisotopic (exact) mass is 439 g/mol. The molecule has 1 aromatic heterocycles. The number of nitrogens with zero attached hydrogens (tertiary/aromatic N) is 3. The lowest BCUT2D eigenvalue weighted by Crippen LogP contribution is -2.35. The van der Waals surface area contributed by atoms with Crippen LogP contribution in [-0.4, -0.2) is 53.4 Å². The third-order valence-electron chi connectivity index (χ3n) is 7.53. The number of benzene rings is 1. The predicted molar refractivity (Wildman–Crippen MR) is 120 cm³/mol. The first kappa shape index (κ1) is 21.5. The highest BCUT2D eigenvalue weighted by Crippen LogP contribution is 2.52. The number of ether oxygens (including phenoxy) is 3. The van der Waals surface area contributed by atoms with Gasteiger partial charge in [0.1, 0.15) is 11.4 Å². The second kappa shape index (κ2) is 8.87. The van der Waals surface area contributed by atoms with E-state index in [0.717, 1.165) is 31.8 Å². The molecular formula is C25H33N3O4. The van der Waals surface area contributed by atoms with Gasteiger partial charge in [0.05, 0.1) is 25.9 Å². The molecule has 1 aliphatic heterocycles. The Hall–Kier alpha value is -2.38. The SMILES string of the molecule is COc1ncc([C@]2(O)CC[C@H]3CN(Cc4ccc(OC5CCCC5)cc4)C[C@H]32)c(OC)n1. The minimum Gasteiger partial charge on any atom is -0.490 e. The van der Waals surface area contributed by atoms with Crippen LogP contribution in [0.15, 0.2) is 30.5 Å². The van der Waals surface area contributed by atoms with Crippen LogP contribution < -0.4 is 14.2 Å². The van der Waals surface area contributed by atoms with Crippen molar-refractivity contribution in [2.75, 3.05) is 27.3 Å². The zero-order chi connectivity index (χ0) is 22.1. The zero-order valence-electron chi connectivity index (χ0n) is 19.0. The van der Waals surface area contributed by atoms with E-state index in [9.17, 15) is 5.11 Å². The zero-order valence-corrected chi connectivity index (χ0v) is 19.0. The Balaban J connectivity index is 1.25. The summed E-state index contributed by atoms with van der Waals surface area (Å²) in [6.07, 6.45) is 8.64. The molecule has 2 heterocycles. The van der Waals surface area contributed by atoms with E-state index in [2.05, 4.69) is 39.1 Å². The molecule has 3 aliphatic rings. The van der Waals surface area contributed by atoms with Crippen molar-refractivity contribution in [3.8, 4) is 17.6 Å². The number of likely N-dealkylation sites (tertiary alicyclic amines) is 1. The van der Waals surface area contributed by atoms with Gasteiger partial charge in [-0.3, -0.25) is 4.90 Å². The van der Waals surface area contributed by atoms with Crippen molar-refractivity contribution in [3.63, 3.8) is 0 Å². The normalized spacial score (nSPS) is 28.1. The van der Waals surface area contributed by atoms with Gasteiger partial charge in [-0.2, -0.15) is 4.98 Å². The summed E-state index contributed by atoms with van der Waals surface area (Å²) < 4.78 is 16.7. The topological polar surface area (TPSA) is 76.9 Å². The molecule has 0 spiro atoms. The summed E-state index contributed by atoms with van der Waals surface area (Å²) in [6.45, 7) is 2.71. The number of aromatic nitrogens is 2. The quantitative estimate of drug-likeness (QED) is 0.707.